The van der Waals surface area contributed by atoms with Gasteiger partial charge in [0, 0.05) is 22.8 Å². The maximum atomic E-state index is 12.5. The first-order valence-electron chi connectivity index (χ1n) is 9.50. The van der Waals surface area contributed by atoms with Crippen LogP contribution in [0.25, 0.3) is 0 Å². The van der Waals surface area contributed by atoms with Crippen LogP contribution in [0.15, 0.2) is 18.2 Å². The van der Waals surface area contributed by atoms with Crippen LogP contribution in [0.1, 0.15) is 70.8 Å². The molecule has 24 heavy (non-hydrogen) atoms. The number of nitrogens with zero attached hydrogens (tertiary/aromatic N) is 1. The summed E-state index contributed by atoms with van der Waals surface area (Å²) in [6, 6.07) is 6.88. The molecule has 1 N–H and O–H groups in total. The van der Waals surface area contributed by atoms with Crippen molar-refractivity contribution in [2.75, 3.05) is 5.32 Å². The monoisotopic (exact) mass is 348 g/mol. The number of carbonyl (C=O) groups is 1. The molecule has 2 unspecified atom stereocenters. The highest BCUT2D eigenvalue weighted by Gasteiger charge is 2.46. The number of amides is 2. The number of nitrogens with one attached hydrogen (secondary N) is 1. The van der Waals surface area contributed by atoms with Crippen LogP contribution in [0, 0.1) is 5.92 Å². The molecule has 2 saturated carbocycles. The molecule has 0 aromatic heterocycles. The molecule has 1 aromatic rings. The van der Waals surface area contributed by atoms with Crippen LogP contribution in [-0.2, 0) is 0 Å². The second kappa shape index (κ2) is 7.35. The van der Waals surface area contributed by atoms with E-state index in [1.165, 1.54) is 31.2 Å². The number of halogens is 1. The lowest BCUT2D eigenvalue weighted by atomic mass is 9.74. The molecular formula is C20H29ClN2O. The van der Waals surface area contributed by atoms with Crippen LogP contribution in [0.5, 0.6) is 0 Å². The molecule has 1 aromatic carbocycles. The third kappa shape index (κ3) is 3.28. The molecule has 4 aliphatic rings. The van der Waals surface area contributed by atoms with Gasteiger partial charge in [0.1, 0.15) is 0 Å². The minimum absolute atomic E-state index is 0.0648. The number of benzene rings is 1. The first-order valence-corrected chi connectivity index (χ1v) is 9.88. The lowest BCUT2D eigenvalue weighted by Crippen LogP contribution is -2.63. The highest BCUT2D eigenvalue weighted by molar-refractivity contribution is 6.31. The first-order chi connectivity index (χ1) is 11.6. The second-order valence-electron chi connectivity index (χ2n) is 7.32. The van der Waals surface area contributed by atoms with Gasteiger partial charge in [0.25, 0.3) is 0 Å². The molecule has 2 saturated heterocycles. The Morgan fingerprint density at radius 1 is 1.17 bits per heavy atom. The summed E-state index contributed by atoms with van der Waals surface area (Å²) in [6.45, 7) is 6.29. The van der Waals surface area contributed by atoms with Crippen LogP contribution < -0.4 is 5.32 Å². The quantitative estimate of drug-likeness (QED) is 0.694. The topological polar surface area (TPSA) is 32.3 Å². The van der Waals surface area contributed by atoms with Crippen LogP contribution >= 0.6 is 11.6 Å². The Morgan fingerprint density at radius 2 is 1.83 bits per heavy atom. The summed E-state index contributed by atoms with van der Waals surface area (Å²) in [5.41, 5.74) is 2.08. The number of hydrogen-bond acceptors (Lipinski definition) is 1. The Kier molecular flexibility index (Phi) is 5.39. The Morgan fingerprint density at radius 3 is 2.42 bits per heavy atom. The van der Waals surface area contributed by atoms with Crippen molar-refractivity contribution in [2.24, 2.45) is 5.92 Å². The number of fused-ring (bicyclic) bond motifs is 2. The standard InChI is InChI=1S/C18H23ClN2O.C2H6/c1-11-7-14-10-15(8-11)21(14)18(22)20-13-5-6-17(19)16(9-13)12-3-2-4-12;1-2/h5-6,9,11-12,14-15H,2-4,7-8,10H2,1H3,(H,20,22);1-2H3. The van der Waals surface area contributed by atoms with Gasteiger partial charge in [0.05, 0.1) is 0 Å². The van der Waals surface area contributed by atoms with Gasteiger partial charge in [0.2, 0.25) is 0 Å². The Labute approximate surface area is 150 Å². The number of carbonyl (C=O) groups excluding carboxylic acids is 1. The van der Waals surface area contributed by atoms with Gasteiger partial charge < -0.3 is 10.2 Å². The molecule has 5 rings (SSSR count). The van der Waals surface area contributed by atoms with Crippen molar-refractivity contribution in [1.82, 2.24) is 4.90 Å². The van der Waals surface area contributed by atoms with Crippen molar-refractivity contribution in [3.05, 3.63) is 28.8 Å². The SMILES string of the molecule is CC.CC1CC2CC(C1)N2C(=O)Nc1ccc(Cl)c(C2CCC2)c1. The summed E-state index contributed by atoms with van der Waals surface area (Å²) in [6.07, 6.45) is 7.20. The first kappa shape index (κ1) is 17.6. The average Bonchev–Trinajstić information content (AvgIpc) is 2.50. The van der Waals surface area contributed by atoms with Gasteiger partial charge in [-0.15, -0.1) is 0 Å². The minimum atomic E-state index is 0.0648. The summed E-state index contributed by atoms with van der Waals surface area (Å²) >= 11 is 6.31. The fourth-order valence-electron chi connectivity index (χ4n) is 4.32. The molecule has 2 atom stereocenters. The van der Waals surface area contributed by atoms with E-state index < -0.39 is 0 Å². The van der Waals surface area contributed by atoms with E-state index >= 15 is 0 Å². The molecule has 2 bridgehead atoms. The predicted octanol–water partition coefficient (Wildman–Crippen LogP) is 6.04. The molecule has 2 amide bonds. The third-order valence-electron chi connectivity index (χ3n) is 5.71. The molecule has 2 heterocycles. The maximum absolute atomic E-state index is 12.5. The normalized spacial score (nSPS) is 28.2. The lowest BCUT2D eigenvalue weighted by molar-refractivity contribution is -0.00601. The van der Waals surface area contributed by atoms with Gasteiger partial charge in [0.15, 0.2) is 0 Å². The molecule has 0 radical (unpaired) electrons. The van der Waals surface area contributed by atoms with Gasteiger partial charge >= 0.3 is 6.03 Å². The minimum Gasteiger partial charge on any atom is -0.318 e. The largest absolute Gasteiger partial charge is 0.322 e. The van der Waals surface area contributed by atoms with E-state index in [2.05, 4.69) is 23.2 Å². The van der Waals surface area contributed by atoms with E-state index in [0.29, 0.717) is 18.0 Å². The zero-order valence-corrected chi connectivity index (χ0v) is 15.8. The summed E-state index contributed by atoms with van der Waals surface area (Å²) in [5.74, 6) is 1.34. The van der Waals surface area contributed by atoms with Gasteiger partial charge in [-0.1, -0.05) is 38.8 Å². The molecular weight excluding hydrogens is 320 g/mol. The lowest BCUT2D eigenvalue weighted by Gasteiger charge is -2.54. The predicted molar refractivity (Wildman–Crippen MR) is 101 cm³/mol. The van der Waals surface area contributed by atoms with Crippen LogP contribution in [0.2, 0.25) is 5.02 Å². The van der Waals surface area contributed by atoms with Gasteiger partial charge in [-0.3, -0.25) is 0 Å². The van der Waals surface area contributed by atoms with E-state index in [-0.39, 0.29) is 6.03 Å². The van der Waals surface area contributed by atoms with Gasteiger partial charge in [-0.25, -0.2) is 4.79 Å². The summed E-state index contributed by atoms with van der Waals surface area (Å²) < 4.78 is 0. The van der Waals surface area contributed by atoms with Crippen molar-refractivity contribution in [2.45, 2.75) is 77.3 Å². The molecule has 2 aliphatic carbocycles. The van der Waals surface area contributed by atoms with Crippen molar-refractivity contribution < 1.29 is 4.79 Å². The zero-order chi connectivity index (χ0) is 17.3. The van der Waals surface area contributed by atoms with Crippen LogP contribution in [0.3, 0.4) is 0 Å². The van der Waals surface area contributed by atoms with E-state index in [1.807, 2.05) is 26.0 Å². The summed E-state index contributed by atoms with van der Waals surface area (Å²) in [5, 5.41) is 3.92. The Bertz CT molecular complexity index is 587. The van der Waals surface area contributed by atoms with Crippen LogP contribution in [-0.4, -0.2) is 23.0 Å². The Balaban J connectivity index is 0.000000815. The molecule has 2 aliphatic heterocycles. The molecule has 3 nitrogen and oxygen atoms in total. The van der Waals surface area contributed by atoms with Crippen molar-refractivity contribution in [3.63, 3.8) is 0 Å². The van der Waals surface area contributed by atoms with Gasteiger partial charge in [-0.2, -0.15) is 0 Å². The van der Waals surface area contributed by atoms with E-state index in [9.17, 15) is 4.79 Å². The van der Waals surface area contributed by atoms with Crippen molar-refractivity contribution in [3.8, 4) is 0 Å². The van der Waals surface area contributed by atoms with E-state index in [0.717, 1.165) is 29.5 Å². The average molecular weight is 349 g/mol. The zero-order valence-electron chi connectivity index (χ0n) is 15.0. The highest BCUT2D eigenvalue weighted by atomic mass is 35.5. The van der Waals surface area contributed by atoms with E-state index in [1.54, 1.807) is 0 Å². The van der Waals surface area contributed by atoms with E-state index in [4.69, 9.17) is 11.6 Å². The molecule has 132 valence electrons. The Hall–Kier alpha value is -1.22. The van der Waals surface area contributed by atoms with Gasteiger partial charge in [-0.05, 0) is 67.7 Å². The number of piperidine rings is 1. The molecule has 0 spiro atoms. The fraction of sp³-hybridized carbons (Fsp3) is 0.650. The molecule has 4 fully saturated rings. The fourth-order valence-corrected chi connectivity index (χ4v) is 4.59. The number of rotatable bonds is 2. The smallest absolute Gasteiger partial charge is 0.318 e. The number of urea groups is 1. The summed E-state index contributed by atoms with van der Waals surface area (Å²) in [7, 11) is 0. The number of hydrogen-bond donors (Lipinski definition) is 1. The number of anilines is 1. The highest BCUT2D eigenvalue weighted by Crippen LogP contribution is 2.42. The summed E-state index contributed by atoms with van der Waals surface area (Å²) in [4.78, 5) is 14.6. The third-order valence-corrected chi connectivity index (χ3v) is 6.05. The maximum Gasteiger partial charge on any atom is 0.322 e. The second-order valence-corrected chi connectivity index (χ2v) is 7.73. The van der Waals surface area contributed by atoms with Crippen molar-refractivity contribution in [1.29, 1.82) is 0 Å². The van der Waals surface area contributed by atoms with Crippen LogP contribution in [0.4, 0.5) is 10.5 Å². The molecule has 4 heteroatoms. The van der Waals surface area contributed by atoms with Crippen molar-refractivity contribution >= 4 is 23.3 Å².